The third-order valence-corrected chi connectivity index (χ3v) is 5.13. The molecule has 1 aromatic heterocycles. The molecule has 1 amide bonds. The highest BCUT2D eigenvalue weighted by Gasteiger charge is 2.16. The Morgan fingerprint density at radius 2 is 2.04 bits per heavy atom. The summed E-state index contributed by atoms with van der Waals surface area (Å²) < 4.78 is 0. The van der Waals surface area contributed by atoms with Crippen LogP contribution in [0.15, 0.2) is 18.2 Å². The molecule has 0 radical (unpaired) electrons. The van der Waals surface area contributed by atoms with Crippen LogP contribution in [0.1, 0.15) is 50.4 Å². The number of likely N-dealkylation sites (tertiary alicyclic amines) is 1. The second kappa shape index (κ2) is 8.48. The molecule has 1 saturated heterocycles. The van der Waals surface area contributed by atoms with Crippen LogP contribution in [-0.2, 0) is 11.2 Å². The predicted molar refractivity (Wildman–Crippen MR) is 102 cm³/mol. The Morgan fingerprint density at radius 3 is 2.80 bits per heavy atom. The largest absolute Gasteiger partial charge is 0.355 e. The van der Waals surface area contributed by atoms with Gasteiger partial charge in [0.05, 0.1) is 11.0 Å². The molecule has 2 N–H and O–H groups in total. The molecule has 25 heavy (non-hydrogen) atoms. The van der Waals surface area contributed by atoms with Crippen molar-refractivity contribution in [3.63, 3.8) is 0 Å². The lowest BCUT2D eigenvalue weighted by atomic mass is 10.2. The Bertz CT molecular complexity index is 701. The topological polar surface area (TPSA) is 61.0 Å². The van der Waals surface area contributed by atoms with E-state index in [9.17, 15) is 4.79 Å². The maximum Gasteiger partial charge on any atom is 0.220 e. The number of imidazole rings is 1. The van der Waals surface area contributed by atoms with Crippen LogP contribution in [0.25, 0.3) is 11.0 Å². The number of benzene rings is 1. The van der Waals surface area contributed by atoms with Crippen molar-refractivity contribution in [2.45, 2.75) is 58.4 Å². The van der Waals surface area contributed by atoms with Gasteiger partial charge in [-0.05, 0) is 57.5 Å². The van der Waals surface area contributed by atoms with Gasteiger partial charge in [-0.2, -0.15) is 0 Å². The van der Waals surface area contributed by atoms with Crippen molar-refractivity contribution in [1.82, 2.24) is 20.2 Å². The molecule has 3 rings (SSSR count). The number of hydrogen-bond donors (Lipinski definition) is 2. The average molecular weight is 342 g/mol. The minimum absolute atomic E-state index is 0.110. The molecule has 1 aliphatic rings. The molecule has 1 unspecified atom stereocenters. The summed E-state index contributed by atoms with van der Waals surface area (Å²) in [5, 5.41) is 3.09. The molecule has 5 heteroatoms. The van der Waals surface area contributed by atoms with Gasteiger partial charge < -0.3 is 10.3 Å². The molecule has 1 aromatic carbocycles. The molecular weight excluding hydrogens is 312 g/mol. The SMILES string of the molecule is Cc1ccc2nc(CCC(=O)NCC(C)N3CCCCCC3)[nH]c2c1. The third kappa shape index (κ3) is 5.05. The van der Waals surface area contributed by atoms with E-state index >= 15 is 0 Å². The van der Waals surface area contributed by atoms with Crippen LogP contribution in [0.2, 0.25) is 0 Å². The summed E-state index contributed by atoms with van der Waals surface area (Å²) in [5.74, 6) is 0.995. The van der Waals surface area contributed by atoms with E-state index in [0.717, 1.165) is 36.5 Å². The summed E-state index contributed by atoms with van der Waals surface area (Å²) >= 11 is 0. The van der Waals surface area contributed by atoms with Crippen LogP contribution >= 0.6 is 0 Å². The van der Waals surface area contributed by atoms with Gasteiger partial charge in [-0.3, -0.25) is 9.69 Å². The number of carbonyl (C=O) groups is 1. The molecule has 0 spiro atoms. The smallest absolute Gasteiger partial charge is 0.220 e. The van der Waals surface area contributed by atoms with Crippen LogP contribution in [0.3, 0.4) is 0 Å². The van der Waals surface area contributed by atoms with E-state index in [-0.39, 0.29) is 5.91 Å². The number of nitrogens with zero attached hydrogens (tertiary/aromatic N) is 2. The van der Waals surface area contributed by atoms with E-state index in [4.69, 9.17) is 0 Å². The first kappa shape index (κ1) is 17.9. The number of fused-ring (bicyclic) bond motifs is 1. The van der Waals surface area contributed by atoms with Crippen molar-refractivity contribution in [2.24, 2.45) is 0 Å². The van der Waals surface area contributed by atoms with Crippen molar-refractivity contribution < 1.29 is 4.79 Å². The standard InChI is InChI=1S/C20H30N4O/c1-15-7-8-17-18(13-15)23-19(22-17)9-10-20(25)21-14-16(2)24-11-5-3-4-6-12-24/h7-8,13,16H,3-6,9-12,14H2,1-2H3,(H,21,25)(H,22,23). The lowest BCUT2D eigenvalue weighted by Gasteiger charge is -2.27. The van der Waals surface area contributed by atoms with Gasteiger partial charge in [0.15, 0.2) is 0 Å². The number of carbonyl (C=O) groups excluding carboxylic acids is 1. The number of rotatable bonds is 6. The summed E-state index contributed by atoms with van der Waals surface area (Å²) in [6, 6.07) is 6.59. The van der Waals surface area contributed by atoms with Gasteiger partial charge in [-0.25, -0.2) is 4.98 Å². The molecule has 0 aliphatic carbocycles. The first-order chi connectivity index (χ1) is 12.1. The van der Waals surface area contributed by atoms with E-state index in [2.05, 4.69) is 46.2 Å². The first-order valence-corrected chi connectivity index (χ1v) is 9.58. The van der Waals surface area contributed by atoms with Gasteiger partial charge in [0.1, 0.15) is 5.82 Å². The zero-order valence-electron chi connectivity index (χ0n) is 15.5. The molecule has 1 atom stereocenters. The molecule has 2 aromatic rings. The van der Waals surface area contributed by atoms with Crippen molar-refractivity contribution in [3.05, 3.63) is 29.6 Å². The Morgan fingerprint density at radius 1 is 1.28 bits per heavy atom. The lowest BCUT2D eigenvalue weighted by Crippen LogP contribution is -2.42. The van der Waals surface area contributed by atoms with Crippen molar-refractivity contribution in [3.8, 4) is 0 Å². The van der Waals surface area contributed by atoms with Gasteiger partial charge in [-0.15, -0.1) is 0 Å². The summed E-state index contributed by atoms with van der Waals surface area (Å²) in [5.41, 5.74) is 3.23. The van der Waals surface area contributed by atoms with E-state index in [1.54, 1.807) is 0 Å². The fraction of sp³-hybridized carbons (Fsp3) is 0.600. The van der Waals surface area contributed by atoms with Gasteiger partial charge in [0.2, 0.25) is 5.91 Å². The van der Waals surface area contributed by atoms with Crippen LogP contribution in [0.5, 0.6) is 0 Å². The Balaban J connectivity index is 1.44. The van der Waals surface area contributed by atoms with E-state index in [1.165, 1.54) is 31.2 Å². The molecule has 5 nitrogen and oxygen atoms in total. The molecule has 136 valence electrons. The van der Waals surface area contributed by atoms with E-state index in [0.29, 0.717) is 18.9 Å². The lowest BCUT2D eigenvalue weighted by molar-refractivity contribution is -0.121. The van der Waals surface area contributed by atoms with Crippen LogP contribution < -0.4 is 5.32 Å². The highest BCUT2D eigenvalue weighted by atomic mass is 16.1. The summed E-state index contributed by atoms with van der Waals surface area (Å²) in [4.78, 5) is 22.6. The number of H-pyrrole nitrogens is 1. The average Bonchev–Trinajstić information content (AvgIpc) is 2.81. The van der Waals surface area contributed by atoms with Crippen molar-refractivity contribution in [1.29, 1.82) is 0 Å². The molecule has 1 aliphatic heterocycles. The van der Waals surface area contributed by atoms with Gasteiger partial charge in [0.25, 0.3) is 0 Å². The summed E-state index contributed by atoms with van der Waals surface area (Å²) in [6.07, 6.45) is 6.37. The van der Waals surface area contributed by atoms with E-state index in [1.807, 2.05) is 6.07 Å². The fourth-order valence-electron chi connectivity index (χ4n) is 3.54. The Hall–Kier alpha value is -1.88. The zero-order chi connectivity index (χ0) is 17.6. The molecule has 0 saturated carbocycles. The number of aromatic amines is 1. The maximum atomic E-state index is 12.2. The minimum atomic E-state index is 0.110. The van der Waals surface area contributed by atoms with Crippen molar-refractivity contribution >= 4 is 16.9 Å². The number of amides is 1. The Labute approximate surface area is 150 Å². The maximum absolute atomic E-state index is 12.2. The van der Waals surface area contributed by atoms with Gasteiger partial charge in [0, 0.05) is 25.4 Å². The highest BCUT2D eigenvalue weighted by Crippen LogP contribution is 2.14. The quantitative estimate of drug-likeness (QED) is 0.847. The second-order valence-corrected chi connectivity index (χ2v) is 7.31. The number of aromatic nitrogens is 2. The molecule has 1 fully saturated rings. The van der Waals surface area contributed by atoms with Crippen molar-refractivity contribution in [2.75, 3.05) is 19.6 Å². The summed E-state index contributed by atoms with van der Waals surface area (Å²) in [7, 11) is 0. The highest BCUT2D eigenvalue weighted by molar-refractivity contribution is 5.77. The van der Waals surface area contributed by atoms with Crippen LogP contribution in [-0.4, -0.2) is 46.5 Å². The number of aryl methyl sites for hydroxylation is 2. The number of hydrogen-bond acceptors (Lipinski definition) is 3. The Kier molecular flexibility index (Phi) is 6.08. The van der Waals surface area contributed by atoms with E-state index < -0.39 is 0 Å². The third-order valence-electron chi connectivity index (χ3n) is 5.13. The fourth-order valence-corrected chi connectivity index (χ4v) is 3.54. The normalized spacial score (nSPS) is 17.4. The van der Waals surface area contributed by atoms with Crippen LogP contribution in [0, 0.1) is 6.92 Å². The monoisotopic (exact) mass is 342 g/mol. The molecular formula is C20H30N4O. The minimum Gasteiger partial charge on any atom is -0.355 e. The van der Waals surface area contributed by atoms with Gasteiger partial charge in [-0.1, -0.05) is 18.9 Å². The molecule has 0 bridgehead atoms. The second-order valence-electron chi connectivity index (χ2n) is 7.31. The number of nitrogens with one attached hydrogen (secondary N) is 2. The van der Waals surface area contributed by atoms with Crippen LogP contribution in [0.4, 0.5) is 0 Å². The summed E-state index contributed by atoms with van der Waals surface area (Å²) in [6.45, 7) is 7.34. The van der Waals surface area contributed by atoms with Gasteiger partial charge >= 0.3 is 0 Å². The molecule has 2 heterocycles. The zero-order valence-corrected chi connectivity index (χ0v) is 15.5. The first-order valence-electron chi connectivity index (χ1n) is 9.58. The predicted octanol–water partition coefficient (Wildman–Crippen LogP) is 3.18.